The van der Waals surface area contributed by atoms with E-state index in [0.29, 0.717) is 0 Å². The Hall–Kier alpha value is -1.96. The van der Waals surface area contributed by atoms with Crippen LogP contribution in [0.1, 0.15) is 5.56 Å². The van der Waals surface area contributed by atoms with Crippen LogP contribution < -0.4 is 0 Å². The van der Waals surface area contributed by atoms with E-state index in [1.54, 1.807) is 6.26 Å². The third-order valence-electron chi connectivity index (χ3n) is 2.70. The first-order chi connectivity index (χ1) is 7.36. The minimum atomic E-state index is 0.951. The van der Waals surface area contributed by atoms with E-state index in [4.69, 9.17) is 4.42 Å². The fraction of sp³-hybridized carbons (Fsp3) is 0.0769. The summed E-state index contributed by atoms with van der Waals surface area (Å²) in [4.78, 5) is 3.24. The van der Waals surface area contributed by atoms with Crippen molar-refractivity contribution in [2.24, 2.45) is 0 Å². The normalized spacial score (nSPS) is 11.0. The molecule has 0 aliphatic heterocycles. The number of aryl methyl sites for hydroxylation is 1. The maximum absolute atomic E-state index is 5.50. The maximum Gasteiger partial charge on any atom is 0.138 e. The quantitative estimate of drug-likeness (QED) is 0.632. The zero-order valence-corrected chi connectivity index (χ0v) is 8.45. The van der Waals surface area contributed by atoms with E-state index in [2.05, 4.69) is 24.0 Å². The smallest absolute Gasteiger partial charge is 0.138 e. The summed E-state index contributed by atoms with van der Waals surface area (Å²) in [5.41, 5.74) is 3.44. The van der Waals surface area contributed by atoms with Crippen molar-refractivity contribution >= 4 is 10.9 Å². The Morgan fingerprint density at radius 1 is 1.13 bits per heavy atom. The molecule has 3 aromatic rings. The predicted molar refractivity (Wildman–Crippen MR) is 60.7 cm³/mol. The monoisotopic (exact) mass is 197 g/mol. The fourth-order valence-corrected chi connectivity index (χ4v) is 1.91. The van der Waals surface area contributed by atoms with Gasteiger partial charge in [-0.25, -0.2) is 0 Å². The molecule has 2 heteroatoms. The lowest BCUT2D eigenvalue weighted by Crippen LogP contribution is -1.73. The summed E-state index contributed by atoms with van der Waals surface area (Å²) >= 11 is 0. The number of hydrogen-bond donors (Lipinski definition) is 1. The van der Waals surface area contributed by atoms with Crippen LogP contribution in [0.5, 0.6) is 0 Å². The average molecular weight is 197 g/mol. The van der Waals surface area contributed by atoms with E-state index in [0.717, 1.165) is 16.8 Å². The zero-order valence-electron chi connectivity index (χ0n) is 8.45. The highest BCUT2D eigenvalue weighted by Crippen LogP contribution is 2.30. The van der Waals surface area contributed by atoms with Gasteiger partial charge in [-0.05, 0) is 24.6 Å². The van der Waals surface area contributed by atoms with Crippen LogP contribution in [-0.2, 0) is 0 Å². The van der Waals surface area contributed by atoms with Gasteiger partial charge in [0.25, 0.3) is 0 Å². The molecule has 0 fully saturated rings. The van der Waals surface area contributed by atoms with Gasteiger partial charge in [0.1, 0.15) is 5.76 Å². The molecule has 2 nitrogen and oxygen atoms in total. The SMILES string of the molecule is Cc1ccoc1-c1c[nH]c2ccccc12. The second kappa shape index (κ2) is 3.02. The van der Waals surface area contributed by atoms with Crippen molar-refractivity contribution < 1.29 is 4.42 Å². The van der Waals surface area contributed by atoms with Crippen LogP contribution in [-0.4, -0.2) is 4.98 Å². The highest BCUT2D eigenvalue weighted by Gasteiger charge is 2.10. The van der Waals surface area contributed by atoms with Gasteiger partial charge in [0, 0.05) is 22.7 Å². The molecular weight excluding hydrogens is 186 g/mol. The van der Waals surface area contributed by atoms with Crippen molar-refractivity contribution in [3.05, 3.63) is 48.4 Å². The Morgan fingerprint density at radius 2 is 2.00 bits per heavy atom. The molecule has 1 aromatic carbocycles. The van der Waals surface area contributed by atoms with Crippen molar-refractivity contribution in [3.63, 3.8) is 0 Å². The number of rotatable bonds is 1. The number of fused-ring (bicyclic) bond motifs is 1. The number of furan rings is 1. The zero-order chi connectivity index (χ0) is 10.3. The van der Waals surface area contributed by atoms with Gasteiger partial charge in [-0.2, -0.15) is 0 Å². The topological polar surface area (TPSA) is 28.9 Å². The molecule has 2 heterocycles. The molecule has 1 N–H and O–H groups in total. The summed E-state index contributed by atoms with van der Waals surface area (Å²) in [7, 11) is 0. The van der Waals surface area contributed by atoms with Crippen LogP contribution in [0.2, 0.25) is 0 Å². The molecule has 0 atom stereocenters. The third kappa shape index (κ3) is 1.18. The van der Waals surface area contributed by atoms with Crippen molar-refractivity contribution in [2.75, 3.05) is 0 Å². The molecule has 3 rings (SSSR count). The molecule has 0 saturated carbocycles. The van der Waals surface area contributed by atoms with Gasteiger partial charge < -0.3 is 9.40 Å². The average Bonchev–Trinajstić information content (AvgIpc) is 2.83. The molecule has 2 aromatic heterocycles. The molecule has 0 bridgehead atoms. The summed E-state index contributed by atoms with van der Waals surface area (Å²) in [6, 6.07) is 10.2. The van der Waals surface area contributed by atoms with Gasteiger partial charge >= 0.3 is 0 Å². The lowest BCUT2D eigenvalue weighted by atomic mass is 10.1. The highest BCUT2D eigenvalue weighted by atomic mass is 16.3. The summed E-state index contributed by atoms with van der Waals surface area (Å²) < 4.78 is 5.50. The second-order valence-electron chi connectivity index (χ2n) is 3.68. The number of para-hydroxylation sites is 1. The van der Waals surface area contributed by atoms with Gasteiger partial charge in [-0.1, -0.05) is 18.2 Å². The van der Waals surface area contributed by atoms with E-state index in [1.165, 1.54) is 10.9 Å². The molecule has 0 spiro atoms. The second-order valence-corrected chi connectivity index (χ2v) is 3.68. The number of aromatic nitrogens is 1. The highest BCUT2D eigenvalue weighted by molar-refractivity contribution is 5.94. The first kappa shape index (κ1) is 8.36. The minimum absolute atomic E-state index is 0.951. The molecule has 15 heavy (non-hydrogen) atoms. The molecular formula is C13H11NO. The van der Waals surface area contributed by atoms with E-state index >= 15 is 0 Å². The standard InChI is InChI=1S/C13H11NO/c1-9-6-7-15-13(9)11-8-14-12-5-3-2-4-10(11)12/h2-8,14H,1H3. The summed E-state index contributed by atoms with van der Waals surface area (Å²) in [5, 5.41) is 1.20. The molecule has 0 radical (unpaired) electrons. The van der Waals surface area contributed by atoms with E-state index in [-0.39, 0.29) is 0 Å². The fourth-order valence-electron chi connectivity index (χ4n) is 1.91. The van der Waals surface area contributed by atoms with E-state index < -0.39 is 0 Å². The Kier molecular flexibility index (Phi) is 1.68. The Balaban J connectivity index is 2.32. The number of nitrogens with one attached hydrogen (secondary N) is 1. The molecule has 0 aliphatic rings. The van der Waals surface area contributed by atoms with Crippen molar-refractivity contribution in [1.29, 1.82) is 0 Å². The van der Waals surface area contributed by atoms with Crippen LogP contribution in [0.25, 0.3) is 22.2 Å². The van der Waals surface area contributed by atoms with Gasteiger partial charge in [0.2, 0.25) is 0 Å². The first-order valence-corrected chi connectivity index (χ1v) is 4.97. The van der Waals surface area contributed by atoms with Crippen LogP contribution >= 0.6 is 0 Å². The lowest BCUT2D eigenvalue weighted by molar-refractivity contribution is 0.581. The maximum atomic E-state index is 5.50. The lowest BCUT2D eigenvalue weighted by Gasteiger charge is -1.95. The molecule has 0 unspecified atom stereocenters. The first-order valence-electron chi connectivity index (χ1n) is 4.97. The van der Waals surface area contributed by atoms with Crippen LogP contribution in [0, 0.1) is 6.92 Å². The van der Waals surface area contributed by atoms with Gasteiger partial charge in [0.05, 0.1) is 6.26 Å². The van der Waals surface area contributed by atoms with Crippen molar-refractivity contribution in [2.45, 2.75) is 6.92 Å². The Labute approximate surface area is 87.5 Å². The molecule has 0 amide bonds. The van der Waals surface area contributed by atoms with E-state index in [1.807, 2.05) is 24.4 Å². The molecule has 0 aliphatic carbocycles. The Bertz CT molecular complexity index is 604. The third-order valence-corrected chi connectivity index (χ3v) is 2.70. The number of H-pyrrole nitrogens is 1. The number of aromatic amines is 1. The van der Waals surface area contributed by atoms with Crippen LogP contribution in [0.15, 0.2) is 47.2 Å². The van der Waals surface area contributed by atoms with Gasteiger partial charge in [0.15, 0.2) is 0 Å². The largest absolute Gasteiger partial charge is 0.464 e. The Morgan fingerprint density at radius 3 is 2.80 bits per heavy atom. The van der Waals surface area contributed by atoms with Crippen LogP contribution in [0.3, 0.4) is 0 Å². The number of hydrogen-bond acceptors (Lipinski definition) is 1. The van der Waals surface area contributed by atoms with Crippen molar-refractivity contribution in [3.8, 4) is 11.3 Å². The summed E-state index contributed by atoms with van der Waals surface area (Å²) in [6.45, 7) is 2.06. The summed E-state index contributed by atoms with van der Waals surface area (Å²) in [5.74, 6) is 0.951. The van der Waals surface area contributed by atoms with Gasteiger partial charge in [-0.3, -0.25) is 0 Å². The summed E-state index contributed by atoms with van der Waals surface area (Å²) in [6.07, 6.45) is 3.73. The number of benzene rings is 1. The predicted octanol–water partition coefficient (Wildman–Crippen LogP) is 3.74. The minimum Gasteiger partial charge on any atom is -0.464 e. The van der Waals surface area contributed by atoms with Gasteiger partial charge in [-0.15, -0.1) is 0 Å². The van der Waals surface area contributed by atoms with Crippen molar-refractivity contribution in [1.82, 2.24) is 4.98 Å². The van der Waals surface area contributed by atoms with E-state index in [9.17, 15) is 0 Å². The van der Waals surface area contributed by atoms with Crippen LogP contribution in [0.4, 0.5) is 0 Å². The molecule has 74 valence electrons. The molecule has 0 saturated heterocycles.